The van der Waals surface area contributed by atoms with Gasteiger partial charge in [0.05, 0.1) is 5.56 Å². The fraction of sp³-hybridized carbons (Fsp3) is 0.467. The van der Waals surface area contributed by atoms with Crippen LogP contribution >= 0.6 is 11.3 Å². The van der Waals surface area contributed by atoms with Gasteiger partial charge in [-0.3, -0.25) is 10.1 Å². The molecule has 2 N–H and O–H groups in total. The molecule has 1 aliphatic carbocycles. The molecule has 7 heteroatoms. The van der Waals surface area contributed by atoms with Crippen molar-refractivity contribution in [3.63, 3.8) is 0 Å². The molecule has 1 saturated carbocycles. The van der Waals surface area contributed by atoms with Crippen molar-refractivity contribution in [1.82, 2.24) is 15.2 Å². The Balaban J connectivity index is 1.56. The van der Waals surface area contributed by atoms with Gasteiger partial charge >= 0.3 is 0 Å². The zero-order valence-corrected chi connectivity index (χ0v) is 13.3. The fourth-order valence-electron chi connectivity index (χ4n) is 2.74. The minimum Gasteiger partial charge on any atom is -0.370 e. The Bertz CT molecular complexity index is 620. The summed E-state index contributed by atoms with van der Waals surface area (Å²) < 4.78 is 0. The smallest absolute Gasteiger partial charge is 0.259 e. The van der Waals surface area contributed by atoms with Crippen LogP contribution in [0.2, 0.25) is 0 Å². The molecular formula is C15H19N5OS. The van der Waals surface area contributed by atoms with Gasteiger partial charge in [0.1, 0.15) is 11.3 Å². The number of nitrogens with zero attached hydrogens (tertiary/aromatic N) is 3. The summed E-state index contributed by atoms with van der Waals surface area (Å²) in [5, 5.41) is 14.0. The Morgan fingerprint density at radius 2 is 2.18 bits per heavy atom. The molecule has 3 rings (SSSR count). The van der Waals surface area contributed by atoms with E-state index in [0.29, 0.717) is 16.1 Å². The van der Waals surface area contributed by atoms with Crippen molar-refractivity contribution in [3.05, 3.63) is 29.4 Å². The van der Waals surface area contributed by atoms with E-state index in [9.17, 15) is 4.79 Å². The van der Waals surface area contributed by atoms with Crippen LogP contribution in [0.3, 0.4) is 0 Å². The van der Waals surface area contributed by atoms with Gasteiger partial charge in [-0.15, -0.1) is 10.2 Å². The summed E-state index contributed by atoms with van der Waals surface area (Å²) in [7, 11) is 0. The van der Waals surface area contributed by atoms with Gasteiger partial charge in [0.2, 0.25) is 5.13 Å². The van der Waals surface area contributed by atoms with Crippen molar-refractivity contribution in [2.75, 3.05) is 17.2 Å². The van der Waals surface area contributed by atoms with Crippen LogP contribution < -0.4 is 10.6 Å². The van der Waals surface area contributed by atoms with Crippen molar-refractivity contribution in [2.45, 2.75) is 32.6 Å². The molecular weight excluding hydrogens is 298 g/mol. The molecule has 0 saturated heterocycles. The van der Waals surface area contributed by atoms with Crippen LogP contribution in [0.5, 0.6) is 0 Å². The normalized spacial score (nSPS) is 16.4. The Morgan fingerprint density at radius 3 is 2.82 bits per heavy atom. The highest BCUT2D eigenvalue weighted by molar-refractivity contribution is 7.13. The molecule has 116 valence electrons. The SMILES string of the molecule is CC1(CNc2ccc(C(=O)Nc3nncs3)cn2)CCCC1. The third kappa shape index (κ3) is 3.59. The number of carbonyl (C=O) groups is 1. The molecule has 2 heterocycles. The van der Waals surface area contributed by atoms with Gasteiger partial charge in [-0.05, 0) is 30.4 Å². The maximum absolute atomic E-state index is 12.0. The van der Waals surface area contributed by atoms with Crippen LogP contribution in [0.15, 0.2) is 23.8 Å². The van der Waals surface area contributed by atoms with Gasteiger partial charge in [-0.1, -0.05) is 31.1 Å². The van der Waals surface area contributed by atoms with Crippen LogP contribution in [0.1, 0.15) is 43.0 Å². The number of rotatable bonds is 5. The van der Waals surface area contributed by atoms with Gasteiger partial charge in [0.25, 0.3) is 5.91 Å². The van der Waals surface area contributed by atoms with E-state index in [1.54, 1.807) is 17.8 Å². The summed E-state index contributed by atoms with van der Waals surface area (Å²) in [4.78, 5) is 16.3. The minimum absolute atomic E-state index is 0.224. The monoisotopic (exact) mass is 317 g/mol. The topological polar surface area (TPSA) is 79.8 Å². The number of carbonyl (C=O) groups excluding carboxylic acids is 1. The van der Waals surface area contributed by atoms with Gasteiger partial charge in [0, 0.05) is 12.7 Å². The van der Waals surface area contributed by atoms with Crippen LogP contribution in [-0.2, 0) is 0 Å². The molecule has 0 aliphatic heterocycles. The Labute approximate surface area is 133 Å². The molecule has 1 amide bonds. The van der Waals surface area contributed by atoms with E-state index in [1.807, 2.05) is 6.07 Å². The molecule has 0 atom stereocenters. The molecule has 22 heavy (non-hydrogen) atoms. The number of pyridine rings is 1. The lowest BCUT2D eigenvalue weighted by molar-refractivity contribution is 0.102. The lowest BCUT2D eigenvalue weighted by atomic mass is 9.89. The average Bonchev–Trinajstić information content (AvgIpc) is 3.18. The van der Waals surface area contributed by atoms with E-state index < -0.39 is 0 Å². The second-order valence-electron chi connectivity index (χ2n) is 6.00. The summed E-state index contributed by atoms with van der Waals surface area (Å²) >= 11 is 1.28. The van der Waals surface area contributed by atoms with E-state index in [0.717, 1.165) is 12.4 Å². The Morgan fingerprint density at radius 1 is 1.36 bits per heavy atom. The van der Waals surface area contributed by atoms with Gasteiger partial charge in [-0.25, -0.2) is 4.98 Å². The fourth-order valence-corrected chi connectivity index (χ4v) is 3.18. The highest BCUT2D eigenvalue weighted by Crippen LogP contribution is 2.37. The molecule has 0 spiro atoms. The first-order chi connectivity index (χ1) is 10.6. The number of amides is 1. The van der Waals surface area contributed by atoms with E-state index >= 15 is 0 Å². The van der Waals surface area contributed by atoms with E-state index in [2.05, 4.69) is 32.7 Å². The lowest BCUT2D eigenvalue weighted by Gasteiger charge is -2.23. The molecule has 0 bridgehead atoms. The number of hydrogen-bond donors (Lipinski definition) is 2. The Kier molecular flexibility index (Phi) is 4.33. The standard InChI is InChI=1S/C15H19N5OS/c1-15(6-2-3-7-15)9-17-12-5-4-11(8-16-12)13(21)19-14-20-18-10-22-14/h4-5,8,10H,2-3,6-7,9H2,1H3,(H,16,17)(H,19,20,21). The summed E-state index contributed by atoms with van der Waals surface area (Å²) in [5.41, 5.74) is 2.45. The van der Waals surface area contributed by atoms with E-state index in [1.165, 1.54) is 37.0 Å². The second kappa shape index (κ2) is 6.39. The summed E-state index contributed by atoms with van der Waals surface area (Å²) in [5.74, 6) is 0.583. The minimum atomic E-state index is -0.224. The molecule has 0 unspecified atom stereocenters. The van der Waals surface area contributed by atoms with E-state index in [4.69, 9.17) is 0 Å². The van der Waals surface area contributed by atoms with E-state index in [-0.39, 0.29) is 5.91 Å². The van der Waals surface area contributed by atoms with Gasteiger partial charge in [-0.2, -0.15) is 0 Å². The van der Waals surface area contributed by atoms with Crippen molar-refractivity contribution >= 4 is 28.2 Å². The van der Waals surface area contributed by atoms with Crippen LogP contribution in [0.4, 0.5) is 10.9 Å². The first-order valence-electron chi connectivity index (χ1n) is 7.42. The average molecular weight is 317 g/mol. The number of aromatic nitrogens is 3. The first-order valence-corrected chi connectivity index (χ1v) is 8.30. The number of hydrogen-bond acceptors (Lipinski definition) is 6. The largest absolute Gasteiger partial charge is 0.370 e. The summed E-state index contributed by atoms with van der Waals surface area (Å²) in [6.45, 7) is 3.24. The summed E-state index contributed by atoms with van der Waals surface area (Å²) in [6.07, 6.45) is 6.74. The van der Waals surface area contributed by atoms with Crippen molar-refractivity contribution < 1.29 is 4.79 Å². The molecule has 2 aromatic heterocycles. The number of nitrogens with one attached hydrogen (secondary N) is 2. The van der Waals surface area contributed by atoms with Crippen LogP contribution in [0, 0.1) is 5.41 Å². The zero-order chi connectivity index (χ0) is 15.4. The quantitative estimate of drug-likeness (QED) is 0.885. The maximum atomic E-state index is 12.0. The van der Waals surface area contributed by atoms with Crippen molar-refractivity contribution in [3.8, 4) is 0 Å². The highest BCUT2D eigenvalue weighted by Gasteiger charge is 2.28. The predicted molar refractivity (Wildman–Crippen MR) is 87.2 cm³/mol. The van der Waals surface area contributed by atoms with Gasteiger partial charge < -0.3 is 5.32 Å². The molecule has 2 aromatic rings. The summed E-state index contributed by atoms with van der Waals surface area (Å²) in [6, 6.07) is 3.61. The molecule has 6 nitrogen and oxygen atoms in total. The third-order valence-electron chi connectivity index (χ3n) is 4.11. The Hall–Kier alpha value is -2.02. The maximum Gasteiger partial charge on any atom is 0.259 e. The van der Waals surface area contributed by atoms with Crippen LogP contribution in [0.25, 0.3) is 0 Å². The molecule has 0 aromatic carbocycles. The van der Waals surface area contributed by atoms with Crippen molar-refractivity contribution in [1.29, 1.82) is 0 Å². The predicted octanol–water partition coefficient (Wildman–Crippen LogP) is 3.18. The lowest BCUT2D eigenvalue weighted by Crippen LogP contribution is -2.23. The third-order valence-corrected chi connectivity index (χ3v) is 4.72. The highest BCUT2D eigenvalue weighted by atomic mass is 32.1. The molecule has 1 aliphatic rings. The zero-order valence-electron chi connectivity index (χ0n) is 12.5. The van der Waals surface area contributed by atoms with Crippen molar-refractivity contribution in [2.24, 2.45) is 5.41 Å². The second-order valence-corrected chi connectivity index (χ2v) is 6.83. The molecule has 0 radical (unpaired) electrons. The van der Waals surface area contributed by atoms with Crippen LogP contribution in [-0.4, -0.2) is 27.6 Å². The van der Waals surface area contributed by atoms with Gasteiger partial charge in [0.15, 0.2) is 0 Å². The molecule has 1 fully saturated rings. The first kappa shape index (κ1) is 14.9. The number of anilines is 2.